The van der Waals surface area contributed by atoms with Gasteiger partial charge in [-0.2, -0.15) is 0 Å². The van der Waals surface area contributed by atoms with Crippen molar-refractivity contribution in [1.29, 1.82) is 0 Å². The van der Waals surface area contributed by atoms with Gasteiger partial charge in [-0.05, 0) is 24.1 Å². The number of hydrogen-bond acceptors (Lipinski definition) is 1. The molecule has 0 saturated heterocycles. The van der Waals surface area contributed by atoms with Gasteiger partial charge in [-0.3, -0.25) is 4.79 Å². The van der Waals surface area contributed by atoms with Gasteiger partial charge in [-0.25, -0.2) is 8.78 Å². The van der Waals surface area contributed by atoms with Crippen LogP contribution in [0.15, 0.2) is 18.2 Å². The first-order valence-electron chi connectivity index (χ1n) is 3.74. The Morgan fingerprint density at radius 3 is 2.00 bits per heavy atom. The van der Waals surface area contributed by atoms with E-state index in [2.05, 4.69) is 5.73 Å². The van der Waals surface area contributed by atoms with Crippen molar-refractivity contribution in [2.24, 2.45) is 5.73 Å². The van der Waals surface area contributed by atoms with E-state index in [4.69, 9.17) is 4.79 Å². The Kier molecular flexibility index (Phi) is 5.43. The molecule has 0 saturated carbocycles. The number of carbonyl (C=O) groups excluding carboxylic acids is 1. The van der Waals surface area contributed by atoms with Crippen LogP contribution in [0.1, 0.15) is 12.5 Å². The standard InChI is InChI=1S/C8H8F2.CH3NO/c1-2-6-3-7(9)5-8(10)4-6;2-1-3/h3-5H,2H2,1H3;1H,(H2,2,3). The molecule has 2 nitrogen and oxygen atoms in total. The van der Waals surface area contributed by atoms with Crippen molar-refractivity contribution in [3.63, 3.8) is 0 Å². The third kappa shape index (κ3) is 4.90. The second-order valence-electron chi connectivity index (χ2n) is 2.27. The number of rotatable bonds is 1. The Bertz CT molecular complexity index is 256. The van der Waals surface area contributed by atoms with E-state index in [-0.39, 0.29) is 6.41 Å². The molecule has 0 bridgehead atoms. The Morgan fingerprint density at radius 2 is 1.69 bits per heavy atom. The molecule has 0 aliphatic carbocycles. The van der Waals surface area contributed by atoms with Crippen LogP contribution >= 0.6 is 0 Å². The van der Waals surface area contributed by atoms with Gasteiger partial charge in [0, 0.05) is 6.07 Å². The van der Waals surface area contributed by atoms with Gasteiger partial charge in [0.15, 0.2) is 0 Å². The van der Waals surface area contributed by atoms with Crippen LogP contribution in [0.5, 0.6) is 0 Å². The Morgan fingerprint density at radius 1 is 1.31 bits per heavy atom. The molecule has 2 N–H and O–H groups in total. The Labute approximate surface area is 75.4 Å². The van der Waals surface area contributed by atoms with E-state index in [0.717, 1.165) is 6.07 Å². The fourth-order valence-corrected chi connectivity index (χ4v) is 0.815. The van der Waals surface area contributed by atoms with Crippen molar-refractivity contribution < 1.29 is 13.6 Å². The molecule has 0 aromatic heterocycles. The van der Waals surface area contributed by atoms with Gasteiger partial charge in [0.1, 0.15) is 11.6 Å². The van der Waals surface area contributed by atoms with E-state index in [1.165, 1.54) is 12.1 Å². The lowest BCUT2D eigenvalue weighted by Gasteiger charge is -1.95. The molecule has 1 amide bonds. The molecule has 0 unspecified atom stereocenters. The lowest BCUT2D eigenvalue weighted by molar-refractivity contribution is -0.106. The van der Waals surface area contributed by atoms with Crippen LogP contribution in [-0.4, -0.2) is 6.41 Å². The predicted molar refractivity (Wildman–Crippen MR) is 46.0 cm³/mol. The van der Waals surface area contributed by atoms with Gasteiger partial charge < -0.3 is 5.73 Å². The van der Waals surface area contributed by atoms with Crippen LogP contribution in [0, 0.1) is 11.6 Å². The molecule has 0 heterocycles. The van der Waals surface area contributed by atoms with Crippen LogP contribution in [0.4, 0.5) is 8.78 Å². The summed E-state index contributed by atoms with van der Waals surface area (Å²) >= 11 is 0. The highest BCUT2D eigenvalue weighted by atomic mass is 19.1. The second-order valence-corrected chi connectivity index (χ2v) is 2.27. The normalized spacial score (nSPS) is 8.54. The number of nitrogens with two attached hydrogens (primary N) is 1. The van der Waals surface area contributed by atoms with Crippen LogP contribution in [0.3, 0.4) is 0 Å². The van der Waals surface area contributed by atoms with Gasteiger partial charge in [0.05, 0.1) is 0 Å². The molecule has 0 aliphatic heterocycles. The smallest absolute Gasteiger partial charge is 0.204 e. The lowest BCUT2D eigenvalue weighted by atomic mass is 10.2. The minimum atomic E-state index is -0.503. The second kappa shape index (κ2) is 6.11. The lowest BCUT2D eigenvalue weighted by Crippen LogP contribution is -1.84. The summed E-state index contributed by atoms with van der Waals surface area (Å²) in [7, 11) is 0. The molecule has 0 fully saturated rings. The number of hydrogen-bond donors (Lipinski definition) is 1. The number of amides is 1. The van der Waals surface area contributed by atoms with E-state index >= 15 is 0 Å². The predicted octanol–water partition coefficient (Wildman–Crippen LogP) is 1.63. The fourth-order valence-electron chi connectivity index (χ4n) is 0.815. The van der Waals surface area contributed by atoms with E-state index < -0.39 is 11.6 Å². The summed E-state index contributed by atoms with van der Waals surface area (Å²) in [6, 6.07) is 3.55. The highest BCUT2D eigenvalue weighted by Crippen LogP contribution is 2.07. The van der Waals surface area contributed by atoms with Gasteiger partial charge in [0.2, 0.25) is 6.41 Å². The summed E-state index contributed by atoms with van der Waals surface area (Å²) in [5, 5.41) is 0. The molecule has 72 valence electrons. The van der Waals surface area contributed by atoms with E-state index in [1.807, 2.05) is 6.92 Å². The average molecular weight is 187 g/mol. The summed E-state index contributed by atoms with van der Waals surface area (Å²) < 4.78 is 24.8. The maximum atomic E-state index is 12.4. The quantitative estimate of drug-likeness (QED) is 0.667. The van der Waals surface area contributed by atoms with Gasteiger partial charge in [0.25, 0.3) is 0 Å². The monoisotopic (exact) mass is 187 g/mol. The fraction of sp³-hybridized carbons (Fsp3) is 0.222. The highest BCUT2D eigenvalue weighted by Gasteiger charge is 1.96. The molecule has 0 atom stereocenters. The van der Waals surface area contributed by atoms with E-state index in [0.29, 0.717) is 12.0 Å². The largest absolute Gasteiger partial charge is 0.372 e. The maximum Gasteiger partial charge on any atom is 0.204 e. The topological polar surface area (TPSA) is 43.1 Å². The molecule has 0 radical (unpaired) electrons. The molecular formula is C9H11F2NO. The van der Waals surface area contributed by atoms with Crippen LogP contribution in [0.25, 0.3) is 0 Å². The Balaban J connectivity index is 0.000000424. The summed E-state index contributed by atoms with van der Waals surface area (Å²) in [4.78, 5) is 8.58. The molecule has 4 heteroatoms. The van der Waals surface area contributed by atoms with Crippen molar-refractivity contribution in [1.82, 2.24) is 0 Å². The number of benzene rings is 1. The van der Waals surface area contributed by atoms with Crippen molar-refractivity contribution in [3.8, 4) is 0 Å². The van der Waals surface area contributed by atoms with Crippen molar-refractivity contribution >= 4 is 6.41 Å². The minimum absolute atomic E-state index is 0.250. The number of halogens is 2. The molecule has 13 heavy (non-hydrogen) atoms. The number of carbonyl (C=O) groups is 1. The Hall–Kier alpha value is -1.45. The molecule has 1 aromatic carbocycles. The zero-order chi connectivity index (χ0) is 10.3. The van der Waals surface area contributed by atoms with Crippen LogP contribution in [-0.2, 0) is 11.2 Å². The zero-order valence-corrected chi connectivity index (χ0v) is 7.26. The summed E-state index contributed by atoms with van der Waals surface area (Å²) in [5.74, 6) is -1.01. The third-order valence-corrected chi connectivity index (χ3v) is 1.33. The summed E-state index contributed by atoms with van der Waals surface area (Å²) in [6.45, 7) is 1.86. The highest BCUT2D eigenvalue weighted by molar-refractivity contribution is 5.42. The molecule has 0 spiro atoms. The molecule has 1 rings (SSSR count). The summed E-state index contributed by atoms with van der Waals surface area (Å²) in [5.41, 5.74) is 4.86. The van der Waals surface area contributed by atoms with Gasteiger partial charge >= 0.3 is 0 Å². The van der Waals surface area contributed by atoms with Gasteiger partial charge in [-0.15, -0.1) is 0 Å². The first-order valence-corrected chi connectivity index (χ1v) is 3.74. The zero-order valence-electron chi connectivity index (χ0n) is 7.26. The molecule has 0 aliphatic rings. The van der Waals surface area contributed by atoms with Crippen molar-refractivity contribution in [2.45, 2.75) is 13.3 Å². The SMILES string of the molecule is CCc1cc(F)cc(F)c1.NC=O. The minimum Gasteiger partial charge on any atom is -0.372 e. The van der Waals surface area contributed by atoms with Crippen molar-refractivity contribution in [3.05, 3.63) is 35.4 Å². The number of aryl methyl sites for hydroxylation is 1. The third-order valence-electron chi connectivity index (χ3n) is 1.33. The van der Waals surface area contributed by atoms with E-state index in [9.17, 15) is 8.78 Å². The number of primary amides is 1. The first kappa shape index (κ1) is 11.6. The summed E-state index contributed by atoms with van der Waals surface area (Å²) in [6.07, 6.45) is 0.911. The van der Waals surface area contributed by atoms with Gasteiger partial charge in [-0.1, -0.05) is 6.92 Å². The first-order chi connectivity index (χ1) is 6.13. The maximum absolute atomic E-state index is 12.4. The molecule has 1 aromatic rings. The molecular weight excluding hydrogens is 176 g/mol. The van der Waals surface area contributed by atoms with E-state index in [1.54, 1.807) is 0 Å². The van der Waals surface area contributed by atoms with Crippen LogP contribution in [0.2, 0.25) is 0 Å². The van der Waals surface area contributed by atoms with Crippen molar-refractivity contribution in [2.75, 3.05) is 0 Å². The average Bonchev–Trinajstić information content (AvgIpc) is 2.04. The van der Waals surface area contributed by atoms with Crippen LogP contribution < -0.4 is 5.73 Å².